The normalized spacial score (nSPS) is 21.3. The lowest BCUT2D eigenvalue weighted by Gasteiger charge is -2.24. The molecule has 20 heavy (non-hydrogen) atoms. The van der Waals surface area contributed by atoms with E-state index in [1.165, 1.54) is 11.1 Å². The van der Waals surface area contributed by atoms with Crippen molar-refractivity contribution in [1.82, 2.24) is 4.90 Å². The Balaban J connectivity index is 1.99. The molecule has 1 saturated heterocycles. The van der Waals surface area contributed by atoms with Crippen molar-refractivity contribution < 1.29 is 9.90 Å². The van der Waals surface area contributed by atoms with Gasteiger partial charge in [-0.05, 0) is 43.4 Å². The van der Waals surface area contributed by atoms with Crippen LogP contribution in [0.3, 0.4) is 0 Å². The molecule has 0 spiro atoms. The number of carbonyl (C=O) groups is 1. The molecular formula is C17H25NO2. The summed E-state index contributed by atoms with van der Waals surface area (Å²) >= 11 is 0. The van der Waals surface area contributed by atoms with Crippen LogP contribution < -0.4 is 0 Å². The number of nitrogens with zero attached hydrogens (tertiary/aromatic N) is 1. The van der Waals surface area contributed by atoms with Crippen LogP contribution in [0.25, 0.3) is 0 Å². The fourth-order valence-electron chi connectivity index (χ4n) is 2.96. The quantitative estimate of drug-likeness (QED) is 0.896. The Hall–Kier alpha value is -1.35. The molecule has 0 aliphatic carbocycles. The number of likely N-dealkylation sites (tertiary alicyclic amines) is 1. The van der Waals surface area contributed by atoms with Gasteiger partial charge in [0.25, 0.3) is 0 Å². The summed E-state index contributed by atoms with van der Waals surface area (Å²) in [5.41, 5.74) is 2.66. The van der Waals surface area contributed by atoms with Gasteiger partial charge in [0.05, 0.1) is 5.92 Å². The molecule has 1 aromatic carbocycles. The van der Waals surface area contributed by atoms with Crippen molar-refractivity contribution in [1.29, 1.82) is 0 Å². The first kappa shape index (κ1) is 15.0. The molecule has 1 N–H and O–H groups in total. The third-order valence-corrected chi connectivity index (χ3v) is 4.22. The van der Waals surface area contributed by atoms with Gasteiger partial charge in [-0.2, -0.15) is 0 Å². The monoisotopic (exact) mass is 275 g/mol. The molecule has 0 bridgehead atoms. The van der Waals surface area contributed by atoms with Crippen LogP contribution in [0.1, 0.15) is 44.4 Å². The van der Waals surface area contributed by atoms with Gasteiger partial charge >= 0.3 is 5.97 Å². The smallest absolute Gasteiger partial charge is 0.307 e. The highest BCUT2D eigenvalue weighted by atomic mass is 16.4. The van der Waals surface area contributed by atoms with E-state index in [2.05, 4.69) is 49.9 Å². The van der Waals surface area contributed by atoms with E-state index in [0.717, 1.165) is 19.4 Å². The van der Waals surface area contributed by atoms with Crippen LogP contribution in [0.15, 0.2) is 24.3 Å². The summed E-state index contributed by atoms with van der Waals surface area (Å²) in [6, 6.07) is 9.09. The average Bonchev–Trinajstić information content (AvgIpc) is 2.88. The van der Waals surface area contributed by atoms with E-state index in [-0.39, 0.29) is 5.92 Å². The van der Waals surface area contributed by atoms with Gasteiger partial charge in [0.2, 0.25) is 0 Å². The van der Waals surface area contributed by atoms with Crippen molar-refractivity contribution >= 4 is 5.97 Å². The van der Waals surface area contributed by atoms with Gasteiger partial charge < -0.3 is 5.11 Å². The Kier molecular flexibility index (Phi) is 4.81. The molecule has 1 aliphatic heterocycles. The summed E-state index contributed by atoms with van der Waals surface area (Å²) in [5.74, 6) is -0.183. The number of benzene rings is 1. The van der Waals surface area contributed by atoms with Crippen molar-refractivity contribution in [3.8, 4) is 0 Å². The zero-order valence-corrected chi connectivity index (χ0v) is 12.7. The highest BCUT2D eigenvalue weighted by Crippen LogP contribution is 2.27. The fraction of sp³-hybridized carbons (Fsp3) is 0.588. The molecular weight excluding hydrogens is 250 g/mol. The Morgan fingerprint density at radius 1 is 1.30 bits per heavy atom. The Labute approximate surface area is 121 Å². The number of carboxylic acids is 1. The van der Waals surface area contributed by atoms with E-state index >= 15 is 0 Å². The molecule has 1 aromatic rings. The van der Waals surface area contributed by atoms with E-state index in [1.54, 1.807) is 0 Å². The first-order chi connectivity index (χ1) is 9.47. The lowest BCUT2D eigenvalue weighted by molar-refractivity contribution is -0.141. The van der Waals surface area contributed by atoms with Crippen molar-refractivity contribution in [2.75, 3.05) is 13.1 Å². The number of carboxylic acid groups (broad SMARTS) is 1. The second-order valence-corrected chi connectivity index (χ2v) is 6.33. The number of rotatable bonds is 5. The maximum Gasteiger partial charge on any atom is 0.307 e. The average molecular weight is 275 g/mol. The molecule has 2 atom stereocenters. The van der Waals surface area contributed by atoms with E-state index in [0.29, 0.717) is 18.5 Å². The van der Waals surface area contributed by atoms with Gasteiger partial charge in [0.15, 0.2) is 0 Å². The molecule has 3 nitrogen and oxygen atoms in total. The maximum absolute atomic E-state index is 11.0. The van der Waals surface area contributed by atoms with Crippen LogP contribution in [0, 0.1) is 11.8 Å². The summed E-state index contributed by atoms with van der Waals surface area (Å²) < 4.78 is 0. The van der Waals surface area contributed by atoms with E-state index in [9.17, 15) is 4.79 Å². The fourth-order valence-corrected chi connectivity index (χ4v) is 2.96. The van der Waals surface area contributed by atoms with Crippen LogP contribution in [0.5, 0.6) is 0 Å². The van der Waals surface area contributed by atoms with Crippen molar-refractivity contribution in [2.24, 2.45) is 11.8 Å². The number of hydrogen-bond donors (Lipinski definition) is 1. The van der Waals surface area contributed by atoms with Crippen LogP contribution in [-0.4, -0.2) is 29.1 Å². The minimum absolute atomic E-state index is 0.197. The number of hydrogen-bond acceptors (Lipinski definition) is 2. The van der Waals surface area contributed by atoms with Crippen molar-refractivity contribution in [3.05, 3.63) is 35.4 Å². The second-order valence-electron chi connectivity index (χ2n) is 6.33. The molecule has 2 rings (SSSR count). The first-order valence-corrected chi connectivity index (χ1v) is 7.53. The molecule has 110 valence electrons. The van der Waals surface area contributed by atoms with Crippen molar-refractivity contribution in [3.63, 3.8) is 0 Å². The van der Waals surface area contributed by atoms with Crippen molar-refractivity contribution in [2.45, 2.75) is 39.7 Å². The van der Waals surface area contributed by atoms with E-state index in [1.807, 2.05) is 0 Å². The predicted octanol–water partition coefficient (Wildman–Crippen LogP) is 3.35. The maximum atomic E-state index is 11.0. The van der Waals surface area contributed by atoms with Gasteiger partial charge in [-0.1, -0.05) is 38.1 Å². The zero-order chi connectivity index (χ0) is 14.7. The van der Waals surface area contributed by atoms with Gasteiger partial charge in [-0.25, -0.2) is 0 Å². The van der Waals surface area contributed by atoms with Gasteiger partial charge in [-0.15, -0.1) is 0 Å². The van der Waals surface area contributed by atoms with Crippen LogP contribution in [0.4, 0.5) is 0 Å². The predicted molar refractivity (Wildman–Crippen MR) is 80.7 cm³/mol. The van der Waals surface area contributed by atoms with Gasteiger partial charge in [0, 0.05) is 12.6 Å². The molecule has 1 fully saturated rings. The van der Waals surface area contributed by atoms with Gasteiger partial charge in [0.1, 0.15) is 0 Å². The summed E-state index contributed by atoms with van der Waals surface area (Å²) in [4.78, 5) is 13.3. The molecule has 0 amide bonds. The summed E-state index contributed by atoms with van der Waals surface area (Å²) in [7, 11) is 0. The van der Waals surface area contributed by atoms with Crippen LogP contribution >= 0.6 is 0 Å². The molecule has 1 heterocycles. The topological polar surface area (TPSA) is 40.5 Å². The Morgan fingerprint density at radius 2 is 1.95 bits per heavy atom. The molecule has 2 unspecified atom stereocenters. The largest absolute Gasteiger partial charge is 0.481 e. The number of aliphatic carboxylic acids is 1. The Morgan fingerprint density at radius 3 is 2.45 bits per heavy atom. The van der Waals surface area contributed by atoms with Gasteiger partial charge in [-0.3, -0.25) is 9.69 Å². The van der Waals surface area contributed by atoms with E-state index < -0.39 is 5.97 Å². The lowest BCUT2D eigenvalue weighted by Crippen LogP contribution is -2.26. The SMILES string of the molecule is CC(C)Cc1ccc(C(C)N2CCC(C(=O)O)C2)cc1. The Bertz CT molecular complexity index is 453. The highest BCUT2D eigenvalue weighted by Gasteiger charge is 2.30. The van der Waals surface area contributed by atoms with Crippen LogP contribution in [0.2, 0.25) is 0 Å². The molecule has 0 aromatic heterocycles. The molecule has 0 saturated carbocycles. The molecule has 3 heteroatoms. The van der Waals surface area contributed by atoms with E-state index in [4.69, 9.17) is 5.11 Å². The zero-order valence-electron chi connectivity index (χ0n) is 12.7. The minimum atomic E-state index is -0.660. The molecule has 1 aliphatic rings. The molecule has 0 radical (unpaired) electrons. The third-order valence-electron chi connectivity index (χ3n) is 4.22. The third kappa shape index (κ3) is 3.60. The summed E-state index contributed by atoms with van der Waals surface area (Å²) in [6.07, 6.45) is 1.88. The van der Waals surface area contributed by atoms with Crippen LogP contribution in [-0.2, 0) is 11.2 Å². The lowest BCUT2D eigenvalue weighted by atomic mass is 9.99. The second kappa shape index (κ2) is 6.40. The summed E-state index contributed by atoms with van der Waals surface area (Å²) in [5, 5.41) is 9.08. The standard InChI is InChI=1S/C17H25NO2/c1-12(2)10-14-4-6-15(7-5-14)13(3)18-9-8-16(11-18)17(19)20/h4-7,12-13,16H,8-11H2,1-3H3,(H,19,20). The highest BCUT2D eigenvalue weighted by molar-refractivity contribution is 5.70. The summed E-state index contributed by atoms with van der Waals surface area (Å²) in [6.45, 7) is 8.18. The first-order valence-electron chi connectivity index (χ1n) is 7.53. The minimum Gasteiger partial charge on any atom is -0.481 e.